The SMILES string of the molecule is C=CC.N.N.O=C(O)CC(C(=O)O)S(=O)(=O)O.O=C(O)CC(C(=O)O)S(=O)(=O)O. The van der Waals surface area contributed by atoms with Crippen molar-refractivity contribution in [2.75, 3.05) is 0 Å². The normalized spacial score (nSPS) is 11.8. The average Bonchev–Trinajstić information content (AvgIpc) is 2.40. The minimum absolute atomic E-state index is 0. The van der Waals surface area contributed by atoms with Crippen LogP contribution in [-0.2, 0) is 39.4 Å². The number of hydrogen-bond acceptors (Lipinski definition) is 10. The first-order valence-corrected chi connectivity index (χ1v) is 9.31. The van der Waals surface area contributed by atoms with Crippen LogP contribution in [0, 0.1) is 0 Å². The van der Waals surface area contributed by atoms with Crippen molar-refractivity contribution >= 4 is 44.1 Å². The third-order valence-corrected chi connectivity index (χ3v) is 4.16. The molecule has 0 rings (SSSR count). The van der Waals surface area contributed by atoms with Gasteiger partial charge in [0.25, 0.3) is 20.2 Å². The van der Waals surface area contributed by atoms with Gasteiger partial charge in [-0.2, -0.15) is 16.8 Å². The fourth-order valence-corrected chi connectivity index (χ4v) is 2.17. The molecule has 0 aliphatic carbocycles. The van der Waals surface area contributed by atoms with Gasteiger partial charge >= 0.3 is 23.9 Å². The van der Waals surface area contributed by atoms with E-state index >= 15 is 0 Å². The van der Waals surface area contributed by atoms with E-state index in [1.807, 2.05) is 6.92 Å². The lowest BCUT2D eigenvalue weighted by molar-refractivity contribution is -0.143. The van der Waals surface area contributed by atoms with Crippen molar-refractivity contribution in [1.29, 1.82) is 0 Å². The van der Waals surface area contributed by atoms with Crippen LogP contribution in [-0.4, -0.2) is 80.7 Å². The molecule has 12 N–H and O–H groups in total. The fourth-order valence-electron chi connectivity index (χ4n) is 0.957. The fraction of sp³-hybridized carbons (Fsp3) is 0.455. The molecule has 16 nitrogen and oxygen atoms in total. The van der Waals surface area contributed by atoms with Gasteiger partial charge in [0, 0.05) is 0 Å². The molecule has 0 amide bonds. The van der Waals surface area contributed by atoms with E-state index in [0.717, 1.165) is 0 Å². The van der Waals surface area contributed by atoms with Crippen molar-refractivity contribution in [3.05, 3.63) is 12.7 Å². The molecule has 0 aromatic heterocycles. The monoisotopic (exact) mass is 472 g/mol. The van der Waals surface area contributed by atoms with Gasteiger partial charge in [-0.25, -0.2) is 0 Å². The minimum atomic E-state index is -4.84. The Balaban J connectivity index is -0.000000110. The van der Waals surface area contributed by atoms with E-state index in [9.17, 15) is 36.0 Å². The van der Waals surface area contributed by atoms with Gasteiger partial charge in [-0.3, -0.25) is 28.3 Å². The standard InChI is InChI=1S/2C4H6O7S.C3H6.2H3N/c2*5-3(6)1-2(4(7)8)12(9,10)11;1-3-2;;/h2*2H,1H2,(H,5,6)(H,7,8)(H,9,10,11);3H,1H2,2H3;2*1H3. The van der Waals surface area contributed by atoms with Crippen molar-refractivity contribution in [3.8, 4) is 0 Å². The molecule has 0 bridgehead atoms. The molecule has 29 heavy (non-hydrogen) atoms. The molecule has 174 valence electrons. The Morgan fingerprint density at radius 2 is 0.931 bits per heavy atom. The third-order valence-electron chi connectivity index (χ3n) is 1.99. The van der Waals surface area contributed by atoms with Crippen molar-refractivity contribution in [2.45, 2.75) is 30.3 Å². The molecule has 0 heterocycles. The highest BCUT2D eigenvalue weighted by Crippen LogP contribution is 2.04. The molecule has 18 heteroatoms. The summed E-state index contributed by atoms with van der Waals surface area (Å²) in [5, 5.41) is 27.8. The topological polar surface area (TPSA) is 328 Å². The average molecular weight is 472 g/mol. The third kappa shape index (κ3) is 21.5. The maximum absolute atomic E-state index is 10.2. The highest BCUT2D eigenvalue weighted by Gasteiger charge is 2.33. The van der Waals surface area contributed by atoms with Gasteiger partial charge in [-0.1, -0.05) is 6.08 Å². The van der Waals surface area contributed by atoms with Crippen LogP contribution in [0.2, 0.25) is 0 Å². The summed E-state index contributed by atoms with van der Waals surface area (Å²) in [6.45, 7) is 5.25. The van der Waals surface area contributed by atoms with Crippen LogP contribution in [0.25, 0.3) is 0 Å². The molecule has 2 unspecified atom stereocenters. The van der Waals surface area contributed by atoms with Crippen LogP contribution in [0.4, 0.5) is 0 Å². The summed E-state index contributed by atoms with van der Waals surface area (Å²) in [7, 11) is -9.68. The van der Waals surface area contributed by atoms with Crippen LogP contribution in [0.3, 0.4) is 0 Å². The summed E-state index contributed by atoms with van der Waals surface area (Å²) in [6.07, 6.45) is -0.567. The Hall–Kier alpha value is -2.64. The predicted octanol–water partition coefficient (Wildman–Crippen LogP) is -0.879. The first kappa shape index (κ1) is 37.2. The second-order valence-electron chi connectivity index (χ2n) is 4.29. The Kier molecular flexibility index (Phi) is 20.9. The van der Waals surface area contributed by atoms with Gasteiger partial charge in [0.1, 0.15) is 0 Å². The highest BCUT2D eigenvalue weighted by molar-refractivity contribution is 7.87. The first-order chi connectivity index (χ1) is 11.9. The summed E-state index contributed by atoms with van der Waals surface area (Å²) < 4.78 is 57.3. The number of carboxylic acid groups (broad SMARTS) is 4. The van der Waals surface area contributed by atoms with Crippen LogP contribution in [0.5, 0.6) is 0 Å². The van der Waals surface area contributed by atoms with Gasteiger partial charge < -0.3 is 32.7 Å². The lowest BCUT2D eigenvalue weighted by Crippen LogP contribution is -2.31. The zero-order valence-corrected chi connectivity index (χ0v) is 16.7. The van der Waals surface area contributed by atoms with Crippen LogP contribution < -0.4 is 12.3 Å². The van der Waals surface area contributed by atoms with Gasteiger partial charge in [-0.15, -0.1) is 6.58 Å². The molecule has 0 saturated carbocycles. The number of carbonyl (C=O) groups is 4. The van der Waals surface area contributed by atoms with Gasteiger partial charge in [0.15, 0.2) is 10.5 Å². The Morgan fingerprint density at radius 1 is 0.759 bits per heavy atom. The molecule has 0 aromatic carbocycles. The molecule has 0 radical (unpaired) electrons. The number of carboxylic acids is 4. The van der Waals surface area contributed by atoms with E-state index in [1.54, 1.807) is 6.08 Å². The van der Waals surface area contributed by atoms with Gasteiger partial charge in [-0.05, 0) is 6.92 Å². The molecule has 0 fully saturated rings. The lowest BCUT2D eigenvalue weighted by atomic mass is 10.3. The zero-order valence-electron chi connectivity index (χ0n) is 15.0. The summed E-state index contributed by atoms with van der Waals surface area (Å²) in [5.74, 6) is -7.00. The molecular formula is C11H24N2O14S2. The van der Waals surface area contributed by atoms with E-state index in [2.05, 4.69) is 6.58 Å². The predicted molar refractivity (Wildman–Crippen MR) is 96.4 cm³/mol. The Morgan fingerprint density at radius 3 is 0.966 bits per heavy atom. The van der Waals surface area contributed by atoms with Crippen molar-refractivity contribution < 1.29 is 65.5 Å². The summed E-state index contributed by atoms with van der Waals surface area (Å²) in [6, 6.07) is 0. The van der Waals surface area contributed by atoms with E-state index in [1.165, 1.54) is 0 Å². The van der Waals surface area contributed by atoms with Crippen LogP contribution in [0.15, 0.2) is 12.7 Å². The number of aliphatic carboxylic acids is 4. The molecule has 2 atom stereocenters. The van der Waals surface area contributed by atoms with Gasteiger partial charge in [0.05, 0.1) is 12.8 Å². The number of hydrogen-bond donors (Lipinski definition) is 8. The Labute approximate surface area is 165 Å². The minimum Gasteiger partial charge on any atom is -0.481 e. The lowest BCUT2D eigenvalue weighted by Gasteiger charge is -2.04. The smallest absolute Gasteiger partial charge is 0.325 e. The molecular weight excluding hydrogens is 448 g/mol. The summed E-state index contributed by atoms with van der Waals surface area (Å²) in [5.41, 5.74) is 0. The van der Waals surface area contributed by atoms with Crippen molar-refractivity contribution in [1.82, 2.24) is 12.3 Å². The molecule has 0 aliphatic heterocycles. The van der Waals surface area contributed by atoms with E-state index in [-0.39, 0.29) is 12.3 Å². The quantitative estimate of drug-likeness (QED) is 0.157. The molecule has 0 saturated heterocycles. The van der Waals surface area contributed by atoms with Crippen LogP contribution in [0.1, 0.15) is 19.8 Å². The second-order valence-corrected chi connectivity index (χ2v) is 7.49. The van der Waals surface area contributed by atoms with Crippen molar-refractivity contribution in [2.24, 2.45) is 0 Å². The number of allylic oxidation sites excluding steroid dienone is 1. The van der Waals surface area contributed by atoms with E-state index in [4.69, 9.17) is 29.5 Å². The van der Waals surface area contributed by atoms with E-state index < -0.39 is 67.5 Å². The van der Waals surface area contributed by atoms with Gasteiger partial charge in [0.2, 0.25) is 0 Å². The molecule has 0 aromatic rings. The van der Waals surface area contributed by atoms with Crippen molar-refractivity contribution in [3.63, 3.8) is 0 Å². The second kappa shape index (κ2) is 16.3. The number of rotatable bonds is 8. The highest BCUT2D eigenvalue weighted by atomic mass is 32.2. The zero-order chi connectivity index (χ0) is 22.6. The molecule has 0 aliphatic rings. The Bertz CT molecular complexity index is 696. The maximum Gasteiger partial charge on any atom is 0.325 e. The summed E-state index contributed by atoms with van der Waals surface area (Å²) in [4.78, 5) is 40.0. The largest absolute Gasteiger partial charge is 0.481 e. The van der Waals surface area contributed by atoms with Crippen LogP contribution >= 0.6 is 0 Å². The maximum atomic E-state index is 10.2. The van der Waals surface area contributed by atoms with E-state index in [0.29, 0.717) is 0 Å². The summed E-state index contributed by atoms with van der Waals surface area (Å²) >= 11 is 0. The molecule has 0 spiro atoms. The first-order valence-electron chi connectivity index (χ1n) is 6.30.